The lowest BCUT2D eigenvalue weighted by molar-refractivity contribution is 0.648. The van der Waals surface area contributed by atoms with E-state index in [4.69, 9.17) is 0 Å². The molecule has 1 aliphatic rings. The summed E-state index contributed by atoms with van der Waals surface area (Å²) < 4.78 is 2.39. The van der Waals surface area contributed by atoms with E-state index in [0.29, 0.717) is 0 Å². The first-order chi connectivity index (χ1) is 11.2. The van der Waals surface area contributed by atoms with Crippen molar-refractivity contribution in [2.45, 2.75) is 0 Å². The van der Waals surface area contributed by atoms with Crippen molar-refractivity contribution in [3.05, 3.63) is 44.0 Å². The molecule has 3 aromatic rings. The number of pyridine rings is 1. The SMILES string of the molecule is O=c1ccc(N2CCN(c3ncnc4cc(I)sc34)CC2)c[nH]1. The molecule has 0 aliphatic carbocycles. The van der Waals surface area contributed by atoms with Crippen molar-refractivity contribution in [2.24, 2.45) is 0 Å². The molecule has 0 aromatic carbocycles. The minimum absolute atomic E-state index is 0.0666. The van der Waals surface area contributed by atoms with E-state index in [-0.39, 0.29) is 5.56 Å². The van der Waals surface area contributed by atoms with Gasteiger partial charge in [0.05, 0.1) is 18.8 Å². The van der Waals surface area contributed by atoms with E-state index in [9.17, 15) is 4.79 Å². The molecule has 6 nitrogen and oxygen atoms in total. The highest BCUT2D eigenvalue weighted by Crippen LogP contribution is 2.32. The van der Waals surface area contributed by atoms with Crippen molar-refractivity contribution in [2.75, 3.05) is 36.0 Å². The summed E-state index contributed by atoms with van der Waals surface area (Å²) in [5.41, 5.74) is 2.01. The van der Waals surface area contributed by atoms with Gasteiger partial charge in [-0.05, 0) is 34.7 Å². The summed E-state index contributed by atoms with van der Waals surface area (Å²) in [5, 5.41) is 0. The fourth-order valence-corrected chi connectivity index (χ4v) is 4.62. The maximum Gasteiger partial charge on any atom is 0.248 e. The molecule has 0 unspecified atom stereocenters. The lowest BCUT2D eigenvalue weighted by Crippen LogP contribution is -2.47. The van der Waals surface area contributed by atoms with Crippen LogP contribution in [0.2, 0.25) is 0 Å². The summed E-state index contributed by atoms with van der Waals surface area (Å²) in [6.07, 6.45) is 3.43. The summed E-state index contributed by atoms with van der Waals surface area (Å²) in [5.74, 6) is 1.03. The Kier molecular flexibility index (Phi) is 3.93. The van der Waals surface area contributed by atoms with Gasteiger partial charge in [-0.25, -0.2) is 9.97 Å². The van der Waals surface area contributed by atoms with Crippen LogP contribution in [0.25, 0.3) is 10.2 Å². The fraction of sp³-hybridized carbons (Fsp3) is 0.267. The Morgan fingerprint density at radius 3 is 2.65 bits per heavy atom. The van der Waals surface area contributed by atoms with Crippen LogP contribution in [0.1, 0.15) is 0 Å². The van der Waals surface area contributed by atoms with Crippen molar-refractivity contribution in [1.82, 2.24) is 15.0 Å². The molecule has 0 radical (unpaired) electrons. The molecule has 0 spiro atoms. The van der Waals surface area contributed by atoms with Gasteiger partial charge in [-0.3, -0.25) is 4.79 Å². The first-order valence-electron chi connectivity index (χ1n) is 7.29. The Morgan fingerprint density at radius 2 is 1.91 bits per heavy atom. The topological polar surface area (TPSA) is 65.1 Å². The van der Waals surface area contributed by atoms with Crippen molar-refractivity contribution in [3.63, 3.8) is 0 Å². The van der Waals surface area contributed by atoms with Crippen LogP contribution >= 0.6 is 33.9 Å². The highest BCUT2D eigenvalue weighted by molar-refractivity contribution is 14.1. The van der Waals surface area contributed by atoms with Gasteiger partial charge in [0.15, 0.2) is 0 Å². The maximum absolute atomic E-state index is 11.2. The van der Waals surface area contributed by atoms with E-state index in [0.717, 1.165) is 47.9 Å². The Balaban J connectivity index is 1.54. The number of rotatable bonds is 2. The van der Waals surface area contributed by atoms with Crippen molar-refractivity contribution in [3.8, 4) is 0 Å². The second-order valence-corrected chi connectivity index (χ2v) is 8.29. The third kappa shape index (κ3) is 2.92. The van der Waals surface area contributed by atoms with Gasteiger partial charge in [-0.15, -0.1) is 11.3 Å². The average Bonchev–Trinajstić information content (AvgIpc) is 2.96. The normalized spacial score (nSPS) is 15.3. The minimum Gasteiger partial charge on any atom is -0.367 e. The molecule has 1 N–H and O–H groups in total. The average molecular weight is 439 g/mol. The standard InChI is InChI=1S/C15H14IN5OS/c16-12-7-11-14(23-12)15(19-9-18-11)21-5-3-20(4-6-21)10-1-2-13(22)17-8-10/h1-2,7-9H,3-6H2,(H,17,22). The van der Waals surface area contributed by atoms with Crippen LogP contribution in [-0.2, 0) is 0 Å². The van der Waals surface area contributed by atoms with Gasteiger partial charge in [-0.1, -0.05) is 0 Å². The zero-order valence-electron chi connectivity index (χ0n) is 12.2. The second-order valence-electron chi connectivity index (χ2n) is 5.35. The summed E-state index contributed by atoms with van der Waals surface area (Å²) in [6, 6.07) is 5.55. The van der Waals surface area contributed by atoms with Crippen LogP contribution in [0, 0.1) is 2.88 Å². The van der Waals surface area contributed by atoms with Crippen LogP contribution in [-0.4, -0.2) is 41.1 Å². The second kappa shape index (κ2) is 6.08. The molecule has 1 fully saturated rings. The third-order valence-corrected chi connectivity index (χ3v) is 5.86. The summed E-state index contributed by atoms with van der Waals surface area (Å²) >= 11 is 4.07. The van der Waals surface area contributed by atoms with Gasteiger partial charge in [-0.2, -0.15) is 0 Å². The molecule has 4 heterocycles. The minimum atomic E-state index is -0.0666. The van der Waals surface area contributed by atoms with Gasteiger partial charge in [0.25, 0.3) is 0 Å². The van der Waals surface area contributed by atoms with Crippen LogP contribution < -0.4 is 15.4 Å². The Bertz CT molecular complexity index is 880. The molecule has 118 valence electrons. The number of nitrogens with zero attached hydrogens (tertiary/aromatic N) is 4. The number of halogens is 1. The fourth-order valence-electron chi connectivity index (χ4n) is 2.81. The lowest BCUT2D eigenvalue weighted by Gasteiger charge is -2.36. The summed E-state index contributed by atoms with van der Waals surface area (Å²) in [4.78, 5) is 27.4. The highest BCUT2D eigenvalue weighted by atomic mass is 127. The Hall–Kier alpha value is -1.68. The molecule has 1 saturated heterocycles. The molecular formula is C15H14IN5OS. The number of H-pyrrole nitrogens is 1. The van der Waals surface area contributed by atoms with Crippen LogP contribution in [0.5, 0.6) is 0 Å². The Labute approximate surface area is 150 Å². The molecule has 0 atom stereocenters. The van der Waals surface area contributed by atoms with Crippen molar-refractivity contribution in [1.29, 1.82) is 0 Å². The quantitative estimate of drug-likeness (QED) is 0.621. The number of hydrogen-bond donors (Lipinski definition) is 1. The van der Waals surface area contributed by atoms with Crippen LogP contribution in [0.4, 0.5) is 11.5 Å². The number of thiophene rings is 1. The largest absolute Gasteiger partial charge is 0.367 e. The first kappa shape index (κ1) is 14.9. The Morgan fingerprint density at radius 1 is 1.13 bits per heavy atom. The van der Waals surface area contributed by atoms with Crippen LogP contribution in [0.15, 0.2) is 35.5 Å². The number of aromatic nitrogens is 3. The molecule has 0 bridgehead atoms. The van der Waals surface area contributed by atoms with E-state index in [1.54, 1.807) is 29.9 Å². The van der Waals surface area contributed by atoms with E-state index in [2.05, 4.69) is 53.4 Å². The smallest absolute Gasteiger partial charge is 0.248 e. The highest BCUT2D eigenvalue weighted by Gasteiger charge is 2.21. The van der Waals surface area contributed by atoms with Gasteiger partial charge < -0.3 is 14.8 Å². The molecule has 1 aliphatic heterocycles. The van der Waals surface area contributed by atoms with E-state index in [1.165, 1.54) is 2.88 Å². The molecule has 4 rings (SSSR count). The van der Waals surface area contributed by atoms with Crippen molar-refractivity contribution >= 4 is 55.6 Å². The van der Waals surface area contributed by atoms with Crippen LogP contribution in [0.3, 0.4) is 0 Å². The zero-order valence-corrected chi connectivity index (χ0v) is 15.2. The third-order valence-electron chi connectivity index (χ3n) is 3.97. The predicted octanol–water partition coefficient (Wildman–Crippen LogP) is 2.31. The van der Waals surface area contributed by atoms with Gasteiger partial charge >= 0.3 is 0 Å². The van der Waals surface area contributed by atoms with Crippen molar-refractivity contribution < 1.29 is 0 Å². The van der Waals surface area contributed by atoms with Gasteiger partial charge in [0.1, 0.15) is 12.1 Å². The number of nitrogens with one attached hydrogen (secondary N) is 1. The molecule has 0 saturated carbocycles. The van der Waals surface area contributed by atoms with E-state index >= 15 is 0 Å². The van der Waals surface area contributed by atoms with E-state index < -0.39 is 0 Å². The monoisotopic (exact) mass is 439 g/mol. The summed E-state index contributed by atoms with van der Waals surface area (Å²) in [6.45, 7) is 3.61. The number of piperazine rings is 1. The van der Waals surface area contributed by atoms with E-state index in [1.807, 2.05) is 6.07 Å². The molecule has 8 heteroatoms. The number of hydrogen-bond acceptors (Lipinski definition) is 6. The molecular weight excluding hydrogens is 425 g/mol. The van der Waals surface area contributed by atoms with Gasteiger partial charge in [0, 0.05) is 38.4 Å². The summed E-state index contributed by atoms with van der Waals surface area (Å²) in [7, 11) is 0. The molecule has 0 amide bonds. The molecule has 23 heavy (non-hydrogen) atoms. The number of aromatic amines is 1. The number of fused-ring (bicyclic) bond motifs is 1. The van der Waals surface area contributed by atoms with Gasteiger partial charge in [0.2, 0.25) is 5.56 Å². The molecule has 3 aromatic heterocycles. The zero-order chi connectivity index (χ0) is 15.8. The predicted molar refractivity (Wildman–Crippen MR) is 102 cm³/mol. The lowest BCUT2D eigenvalue weighted by atomic mass is 10.2. The first-order valence-corrected chi connectivity index (χ1v) is 9.19. The maximum atomic E-state index is 11.2. The number of anilines is 2.